The van der Waals surface area contributed by atoms with Crippen LogP contribution >= 0.6 is 0 Å². The minimum Gasteiger partial charge on any atom is -0.462 e. The highest BCUT2D eigenvalue weighted by Crippen LogP contribution is 2.15. The summed E-state index contributed by atoms with van der Waals surface area (Å²) in [6.07, 6.45) is 65.3. The molecule has 6 heteroatoms. The molecule has 0 saturated carbocycles. The van der Waals surface area contributed by atoms with E-state index in [1.807, 2.05) is 0 Å². The summed E-state index contributed by atoms with van der Waals surface area (Å²) in [5.41, 5.74) is 0. The van der Waals surface area contributed by atoms with Crippen LogP contribution in [0.25, 0.3) is 0 Å². The summed E-state index contributed by atoms with van der Waals surface area (Å²) >= 11 is 0. The van der Waals surface area contributed by atoms with Gasteiger partial charge in [0.25, 0.3) is 0 Å². The Balaban J connectivity index is 4.35. The lowest BCUT2D eigenvalue weighted by atomic mass is 10.1. The van der Waals surface area contributed by atoms with Gasteiger partial charge in [-0.25, -0.2) is 0 Å². The van der Waals surface area contributed by atoms with Crippen LogP contribution in [0.4, 0.5) is 0 Å². The first-order chi connectivity index (χ1) is 32.0. The maximum absolute atomic E-state index is 12.8. The van der Waals surface area contributed by atoms with Crippen LogP contribution in [0.1, 0.15) is 290 Å². The highest BCUT2D eigenvalue weighted by molar-refractivity contribution is 5.71. The SMILES string of the molecule is CCCCCCC\C=C/C=C\C=C/CCCCCCCC(=O)OC(COC(=O)CCCCCCCCC/C=C\CCCCCCCCCC)COC(=O)CCCCCCCCCCCC. The normalized spacial score (nSPS) is 12.4. The van der Waals surface area contributed by atoms with E-state index in [0.717, 1.165) is 77.0 Å². The van der Waals surface area contributed by atoms with Gasteiger partial charge < -0.3 is 14.2 Å². The zero-order valence-corrected chi connectivity index (χ0v) is 43.3. The summed E-state index contributed by atoms with van der Waals surface area (Å²) in [5, 5.41) is 0. The second kappa shape index (κ2) is 54.0. The van der Waals surface area contributed by atoms with Gasteiger partial charge in [0, 0.05) is 19.3 Å². The van der Waals surface area contributed by atoms with Gasteiger partial charge in [0.05, 0.1) is 0 Å². The van der Waals surface area contributed by atoms with Gasteiger partial charge in [-0.1, -0.05) is 249 Å². The first-order valence-corrected chi connectivity index (χ1v) is 28.2. The van der Waals surface area contributed by atoms with Crippen molar-refractivity contribution in [3.8, 4) is 0 Å². The average molecular weight is 911 g/mol. The molecule has 0 amide bonds. The van der Waals surface area contributed by atoms with Crippen LogP contribution in [-0.2, 0) is 28.6 Å². The van der Waals surface area contributed by atoms with Crippen LogP contribution in [0.5, 0.6) is 0 Å². The van der Waals surface area contributed by atoms with E-state index in [1.54, 1.807) is 0 Å². The van der Waals surface area contributed by atoms with Crippen LogP contribution < -0.4 is 0 Å². The lowest BCUT2D eigenvalue weighted by Gasteiger charge is -2.18. The van der Waals surface area contributed by atoms with Crippen molar-refractivity contribution >= 4 is 17.9 Å². The van der Waals surface area contributed by atoms with E-state index in [-0.39, 0.29) is 31.1 Å². The Morgan fingerprint density at radius 2 is 0.569 bits per heavy atom. The Morgan fingerprint density at radius 1 is 0.308 bits per heavy atom. The van der Waals surface area contributed by atoms with Gasteiger partial charge in [0.15, 0.2) is 6.10 Å². The van der Waals surface area contributed by atoms with Crippen molar-refractivity contribution in [1.29, 1.82) is 0 Å². The molecule has 0 aliphatic carbocycles. The van der Waals surface area contributed by atoms with E-state index >= 15 is 0 Å². The minimum absolute atomic E-state index is 0.0806. The van der Waals surface area contributed by atoms with Crippen molar-refractivity contribution in [3.63, 3.8) is 0 Å². The molecule has 0 aliphatic rings. The van der Waals surface area contributed by atoms with Crippen LogP contribution in [0.2, 0.25) is 0 Å². The summed E-state index contributed by atoms with van der Waals surface area (Å²) < 4.78 is 16.8. The smallest absolute Gasteiger partial charge is 0.306 e. The van der Waals surface area contributed by atoms with Gasteiger partial charge in [-0.15, -0.1) is 0 Å². The fourth-order valence-electron chi connectivity index (χ4n) is 8.09. The van der Waals surface area contributed by atoms with E-state index in [1.165, 1.54) is 173 Å². The highest BCUT2D eigenvalue weighted by atomic mass is 16.6. The van der Waals surface area contributed by atoms with Crippen molar-refractivity contribution in [1.82, 2.24) is 0 Å². The predicted molar refractivity (Wildman–Crippen MR) is 279 cm³/mol. The molecule has 0 spiro atoms. The second-order valence-electron chi connectivity index (χ2n) is 18.9. The number of carbonyl (C=O) groups excluding carboxylic acids is 3. The molecule has 0 bridgehead atoms. The van der Waals surface area contributed by atoms with Gasteiger partial charge in [-0.2, -0.15) is 0 Å². The lowest BCUT2D eigenvalue weighted by molar-refractivity contribution is -0.167. The quantitative estimate of drug-likeness (QED) is 0.0199. The molecule has 0 aliphatic heterocycles. The predicted octanol–water partition coefficient (Wildman–Crippen LogP) is 18.7. The molecule has 1 atom stereocenters. The third-order valence-electron chi connectivity index (χ3n) is 12.4. The summed E-state index contributed by atoms with van der Waals surface area (Å²) in [6, 6.07) is 0. The number of rotatable bonds is 51. The molecule has 0 fully saturated rings. The molecular weight excluding hydrogens is 805 g/mol. The number of carbonyl (C=O) groups is 3. The van der Waals surface area contributed by atoms with E-state index in [2.05, 4.69) is 69.4 Å². The van der Waals surface area contributed by atoms with Crippen molar-refractivity contribution in [2.24, 2.45) is 0 Å². The molecule has 0 aromatic carbocycles. The van der Waals surface area contributed by atoms with Gasteiger partial charge in [0.1, 0.15) is 13.2 Å². The van der Waals surface area contributed by atoms with Crippen LogP contribution in [0.3, 0.4) is 0 Å². The number of hydrogen-bond donors (Lipinski definition) is 0. The molecule has 378 valence electrons. The van der Waals surface area contributed by atoms with Gasteiger partial charge in [-0.05, 0) is 70.6 Å². The molecule has 0 radical (unpaired) electrons. The van der Waals surface area contributed by atoms with Crippen LogP contribution in [0.15, 0.2) is 48.6 Å². The highest BCUT2D eigenvalue weighted by Gasteiger charge is 2.19. The van der Waals surface area contributed by atoms with Gasteiger partial charge >= 0.3 is 17.9 Å². The standard InChI is InChI=1S/C59H106O6/c1-4-7-10-13-16-19-22-24-26-28-30-32-33-35-37-40-43-46-49-52-58(61)64-55-56(54-63-57(60)51-48-45-42-39-21-18-15-12-9-6-3)65-59(62)53-50-47-44-41-38-36-34-31-29-27-25-23-20-17-14-11-8-5-2/h23,25,27-31,34,56H,4-22,24,26,32-33,35-55H2,1-3H3/b25-23-,29-27-,30-28-,34-31-. The zero-order chi connectivity index (χ0) is 47.2. The molecule has 0 aromatic rings. The number of allylic oxidation sites excluding steroid dienone is 8. The van der Waals surface area contributed by atoms with E-state index in [9.17, 15) is 14.4 Å². The maximum Gasteiger partial charge on any atom is 0.306 e. The lowest BCUT2D eigenvalue weighted by Crippen LogP contribution is -2.30. The van der Waals surface area contributed by atoms with Gasteiger partial charge in [0.2, 0.25) is 0 Å². The van der Waals surface area contributed by atoms with Crippen LogP contribution in [-0.4, -0.2) is 37.2 Å². The Labute approximate surface area is 403 Å². The van der Waals surface area contributed by atoms with Crippen molar-refractivity contribution < 1.29 is 28.6 Å². The first kappa shape index (κ1) is 62.4. The molecule has 0 heterocycles. The summed E-state index contributed by atoms with van der Waals surface area (Å²) in [7, 11) is 0. The van der Waals surface area contributed by atoms with E-state index in [4.69, 9.17) is 14.2 Å². The second-order valence-corrected chi connectivity index (χ2v) is 18.9. The molecule has 0 rings (SSSR count). The van der Waals surface area contributed by atoms with Crippen LogP contribution in [0, 0.1) is 0 Å². The molecule has 0 saturated heterocycles. The Morgan fingerprint density at radius 3 is 0.892 bits per heavy atom. The molecule has 6 nitrogen and oxygen atoms in total. The minimum atomic E-state index is -0.782. The van der Waals surface area contributed by atoms with Crippen molar-refractivity contribution in [2.45, 2.75) is 297 Å². The Bertz CT molecular complexity index is 1140. The maximum atomic E-state index is 12.8. The number of hydrogen-bond acceptors (Lipinski definition) is 6. The zero-order valence-electron chi connectivity index (χ0n) is 43.3. The Hall–Kier alpha value is -2.63. The fourth-order valence-corrected chi connectivity index (χ4v) is 8.09. The van der Waals surface area contributed by atoms with Gasteiger partial charge in [-0.3, -0.25) is 14.4 Å². The average Bonchev–Trinajstić information content (AvgIpc) is 3.30. The summed E-state index contributed by atoms with van der Waals surface area (Å²) in [4.78, 5) is 38.0. The third-order valence-corrected chi connectivity index (χ3v) is 12.4. The summed E-state index contributed by atoms with van der Waals surface area (Å²) in [5.74, 6) is -0.895. The fraction of sp³-hybridized carbons (Fsp3) is 0.814. The number of unbranched alkanes of at least 4 members (excludes halogenated alkanes) is 34. The monoisotopic (exact) mass is 911 g/mol. The first-order valence-electron chi connectivity index (χ1n) is 28.2. The van der Waals surface area contributed by atoms with Crippen molar-refractivity contribution in [3.05, 3.63) is 48.6 Å². The third kappa shape index (κ3) is 52.2. The molecule has 65 heavy (non-hydrogen) atoms. The number of esters is 3. The number of ether oxygens (including phenoxy) is 3. The molecule has 0 aromatic heterocycles. The topological polar surface area (TPSA) is 78.9 Å². The Kier molecular flexibility index (Phi) is 51.8. The largest absolute Gasteiger partial charge is 0.462 e. The van der Waals surface area contributed by atoms with E-state index in [0.29, 0.717) is 19.3 Å². The summed E-state index contributed by atoms with van der Waals surface area (Å²) in [6.45, 7) is 6.61. The molecule has 0 N–H and O–H groups in total. The molecule has 1 unspecified atom stereocenters. The molecular formula is C59H106O6. The van der Waals surface area contributed by atoms with Crippen molar-refractivity contribution in [2.75, 3.05) is 13.2 Å². The van der Waals surface area contributed by atoms with E-state index < -0.39 is 6.10 Å².